The van der Waals surface area contributed by atoms with Gasteiger partial charge in [0.05, 0.1) is 17.7 Å². The number of hydrogen-bond donors (Lipinski definition) is 1. The van der Waals surface area contributed by atoms with Crippen molar-refractivity contribution in [1.82, 2.24) is 14.5 Å². The average molecular weight is 410 g/mol. The van der Waals surface area contributed by atoms with Crippen LogP contribution in [-0.2, 0) is 17.8 Å². The van der Waals surface area contributed by atoms with Gasteiger partial charge in [-0.2, -0.15) is 0 Å². The fraction of sp³-hybridized carbons (Fsp3) is 0.391. The normalized spacial score (nSPS) is 15.1. The quantitative estimate of drug-likeness (QED) is 0.677. The molecule has 0 bridgehead atoms. The average Bonchev–Trinajstić information content (AvgIpc) is 3.16. The first-order valence-electron chi connectivity index (χ1n) is 10.3. The number of carbonyl (C=O) groups is 1. The van der Waals surface area contributed by atoms with Crippen LogP contribution in [0, 0.1) is 5.82 Å². The van der Waals surface area contributed by atoms with Crippen LogP contribution in [0.5, 0.6) is 0 Å². The zero-order chi connectivity index (χ0) is 21.1. The van der Waals surface area contributed by atoms with Crippen LogP contribution in [0.15, 0.2) is 42.9 Å². The first kappa shape index (κ1) is 20.5. The van der Waals surface area contributed by atoms with Gasteiger partial charge in [0.2, 0.25) is 0 Å². The zero-order valence-corrected chi connectivity index (χ0v) is 17.2. The van der Waals surface area contributed by atoms with E-state index in [0.717, 1.165) is 29.3 Å². The summed E-state index contributed by atoms with van der Waals surface area (Å²) in [5, 5.41) is 0.849. The zero-order valence-electron chi connectivity index (χ0n) is 17.2. The molecule has 6 nitrogen and oxygen atoms in total. The summed E-state index contributed by atoms with van der Waals surface area (Å²) in [6, 6.07) is 7.01. The number of halogens is 1. The van der Waals surface area contributed by atoms with Gasteiger partial charge in [-0.25, -0.2) is 4.39 Å². The van der Waals surface area contributed by atoms with Crippen LogP contribution in [0.25, 0.3) is 10.9 Å². The lowest BCUT2D eigenvalue weighted by atomic mass is 9.88. The Labute approximate surface area is 175 Å². The minimum Gasteiger partial charge on any atom is -0.383 e. The van der Waals surface area contributed by atoms with Crippen molar-refractivity contribution in [2.75, 3.05) is 26.8 Å². The minimum absolute atomic E-state index is 0.00111. The third-order valence-corrected chi connectivity index (χ3v) is 5.97. The second-order valence-corrected chi connectivity index (χ2v) is 7.75. The van der Waals surface area contributed by atoms with E-state index in [-0.39, 0.29) is 17.6 Å². The molecule has 3 heterocycles. The van der Waals surface area contributed by atoms with Crippen LogP contribution in [0.3, 0.4) is 0 Å². The third-order valence-electron chi connectivity index (χ3n) is 5.97. The van der Waals surface area contributed by atoms with E-state index in [1.54, 1.807) is 25.6 Å². The molecule has 158 valence electrons. The van der Waals surface area contributed by atoms with Gasteiger partial charge in [-0.15, -0.1) is 0 Å². The maximum Gasteiger partial charge on any atom is 0.256 e. The summed E-state index contributed by atoms with van der Waals surface area (Å²) in [7, 11) is 1.66. The van der Waals surface area contributed by atoms with E-state index in [9.17, 15) is 9.18 Å². The van der Waals surface area contributed by atoms with Crippen LogP contribution in [0.2, 0.25) is 0 Å². The largest absolute Gasteiger partial charge is 0.383 e. The summed E-state index contributed by atoms with van der Waals surface area (Å²) in [6.07, 6.45) is 6.83. The number of amides is 1. The van der Waals surface area contributed by atoms with Gasteiger partial charge < -0.3 is 19.9 Å². The lowest BCUT2D eigenvalue weighted by Gasteiger charge is -2.32. The SMILES string of the molecule is COCCn1cc(C(=O)N2CCC(c3cc(CN)ccc3F)CC2)c2cnccc21. The van der Waals surface area contributed by atoms with Gasteiger partial charge in [-0.3, -0.25) is 9.78 Å². The molecule has 1 fully saturated rings. The fourth-order valence-corrected chi connectivity index (χ4v) is 4.28. The Morgan fingerprint density at radius 2 is 2.10 bits per heavy atom. The summed E-state index contributed by atoms with van der Waals surface area (Å²) in [6.45, 7) is 2.83. The van der Waals surface area contributed by atoms with Crippen LogP contribution in [-0.4, -0.2) is 47.2 Å². The smallest absolute Gasteiger partial charge is 0.256 e. The van der Waals surface area contributed by atoms with Gasteiger partial charge in [0.25, 0.3) is 5.91 Å². The molecule has 0 atom stereocenters. The Balaban J connectivity index is 1.51. The predicted octanol–water partition coefficient (Wildman–Crippen LogP) is 3.30. The number of aromatic nitrogens is 2. The Kier molecular flexibility index (Phi) is 6.11. The molecule has 1 aliphatic heterocycles. The van der Waals surface area contributed by atoms with E-state index in [2.05, 4.69) is 4.98 Å². The van der Waals surface area contributed by atoms with Crippen molar-refractivity contribution in [3.05, 3.63) is 65.4 Å². The molecule has 1 aromatic carbocycles. The molecule has 0 saturated carbocycles. The number of pyridine rings is 1. The van der Waals surface area contributed by atoms with Crippen molar-refractivity contribution in [2.45, 2.75) is 31.8 Å². The van der Waals surface area contributed by atoms with E-state index in [1.165, 1.54) is 6.07 Å². The Morgan fingerprint density at radius 3 is 2.83 bits per heavy atom. The fourth-order valence-electron chi connectivity index (χ4n) is 4.28. The molecule has 1 aliphatic rings. The highest BCUT2D eigenvalue weighted by Gasteiger charge is 2.28. The molecule has 0 radical (unpaired) electrons. The molecule has 4 rings (SSSR count). The monoisotopic (exact) mass is 410 g/mol. The van der Waals surface area contributed by atoms with Crippen molar-refractivity contribution in [3.8, 4) is 0 Å². The van der Waals surface area contributed by atoms with Gasteiger partial charge in [0.15, 0.2) is 0 Å². The van der Waals surface area contributed by atoms with E-state index in [1.807, 2.05) is 27.8 Å². The van der Waals surface area contributed by atoms with Crippen LogP contribution >= 0.6 is 0 Å². The molecule has 1 saturated heterocycles. The minimum atomic E-state index is -0.190. The molecule has 2 N–H and O–H groups in total. The molecule has 0 unspecified atom stereocenters. The summed E-state index contributed by atoms with van der Waals surface area (Å²) in [4.78, 5) is 19.3. The standard InChI is InChI=1S/C23H27FN4O2/c1-30-11-10-28-15-20(19-14-26-7-4-22(19)28)23(29)27-8-5-17(6-9-27)18-12-16(13-25)2-3-21(18)24/h2-4,7,12,14-15,17H,5-6,8-11,13,25H2,1H3. The van der Waals surface area contributed by atoms with Gasteiger partial charge in [-0.1, -0.05) is 12.1 Å². The molecule has 30 heavy (non-hydrogen) atoms. The summed E-state index contributed by atoms with van der Waals surface area (Å²) >= 11 is 0. The van der Waals surface area contributed by atoms with E-state index >= 15 is 0 Å². The highest BCUT2D eigenvalue weighted by atomic mass is 19.1. The van der Waals surface area contributed by atoms with E-state index < -0.39 is 0 Å². The van der Waals surface area contributed by atoms with E-state index in [4.69, 9.17) is 10.5 Å². The summed E-state index contributed by atoms with van der Waals surface area (Å²) < 4.78 is 21.6. The number of hydrogen-bond acceptors (Lipinski definition) is 4. The highest BCUT2D eigenvalue weighted by molar-refractivity contribution is 6.06. The number of fused-ring (bicyclic) bond motifs is 1. The van der Waals surface area contributed by atoms with Gasteiger partial charge in [0.1, 0.15) is 5.82 Å². The number of benzene rings is 1. The second-order valence-electron chi connectivity index (χ2n) is 7.75. The number of nitrogens with two attached hydrogens (primary N) is 1. The maximum atomic E-state index is 14.3. The Morgan fingerprint density at radius 1 is 1.30 bits per heavy atom. The van der Waals surface area contributed by atoms with Gasteiger partial charge in [0, 0.05) is 57.3 Å². The van der Waals surface area contributed by atoms with Crippen molar-refractivity contribution in [3.63, 3.8) is 0 Å². The molecular formula is C23H27FN4O2. The molecule has 7 heteroatoms. The van der Waals surface area contributed by atoms with Crippen molar-refractivity contribution in [1.29, 1.82) is 0 Å². The number of carbonyl (C=O) groups excluding carboxylic acids is 1. The lowest BCUT2D eigenvalue weighted by Crippen LogP contribution is -2.38. The van der Waals surface area contributed by atoms with Crippen molar-refractivity contribution in [2.24, 2.45) is 5.73 Å². The molecule has 0 aliphatic carbocycles. The number of rotatable bonds is 6. The number of piperidine rings is 1. The van der Waals surface area contributed by atoms with Crippen molar-refractivity contribution >= 4 is 16.8 Å². The highest BCUT2D eigenvalue weighted by Crippen LogP contribution is 2.32. The van der Waals surface area contributed by atoms with E-state index in [0.29, 0.717) is 43.9 Å². The Bertz CT molecular complexity index is 1040. The number of methoxy groups -OCH3 is 1. The molecule has 3 aromatic rings. The van der Waals surface area contributed by atoms with Gasteiger partial charge >= 0.3 is 0 Å². The molecular weight excluding hydrogens is 383 g/mol. The molecule has 1 amide bonds. The second kappa shape index (κ2) is 8.93. The maximum absolute atomic E-state index is 14.3. The first-order valence-corrected chi connectivity index (χ1v) is 10.3. The Hall–Kier alpha value is -2.77. The molecule has 2 aromatic heterocycles. The predicted molar refractivity (Wildman–Crippen MR) is 114 cm³/mol. The van der Waals surface area contributed by atoms with Gasteiger partial charge in [-0.05, 0) is 42.0 Å². The topological polar surface area (TPSA) is 73.4 Å². The van der Waals surface area contributed by atoms with Crippen LogP contribution in [0.4, 0.5) is 4.39 Å². The summed E-state index contributed by atoms with van der Waals surface area (Å²) in [5.74, 6) is -0.0895. The first-order chi connectivity index (χ1) is 14.6. The summed E-state index contributed by atoms with van der Waals surface area (Å²) in [5.41, 5.74) is 8.99. The van der Waals surface area contributed by atoms with Crippen LogP contribution < -0.4 is 5.73 Å². The molecule has 0 spiro atoms. The van der Waals surface area contributed by atoms with Crippen LogP contribution in [0.1, 0.15) is 40.2 Å². The third kappa shape index (κ3) is 3.95. The van der Waals surface area contributed by atoms with Crippen molar-refractivity contribution < 1.29 is 13.9 Å². The lowest BCUT2D eigenvalue weighted by molar-refractivity contribution is 0.0714. The number of likely N-dealkylation sites (tertiary alicyclic amines) is 1. The number of ether oxygens (including phenoxy) is 1. The number of nitrogens with zero attached hydrogens (tertiary/aromatic N) is 3.